The first-order valence-electron chi connectivity index (χ1n) is 8.27. The summed E-state index contributed by atoms with van der Waals surface area (Å²) in [4.78, 5) is 37.7. The van der Waals surface area contributed by atoms with Gasteiger partial charge in [-0.3, -0.25) is 9.80 Å². The number of aryl methyl sites for hydroxylation is 2. The molecule has 148 valence electrons. The molecule has 4 amide bonds. The Morgan fingerprint density at radius 1 is 0.750 bits per heavy atom. The van der Waals surface area contributed by atoms with Crippen molar-refractivity contribution in [3.05, 3.63) is 47.5 Å². The first-order valence-corrected chi connectivity index (χ1v) is 8.27. The molecule has 28 heavy (non-hydrogen) atoms. The molecule has 0 atom stereocenters. The van der Waals surface area contributed by atoms with E-state index in [2.05, 4.69) is 0 Å². The van der Waals surface area contributed by atoms with E-state index in [1.165, 1.54) is 9.80 Å². The molecule has 0 aromatic heterocycles. The lowest BCUT2D eigenvalue weighted by atomic mass is 10.2. The first-order chi connectivity index (χ1) is 13.1. The minimum Gasteiger partial charge on any atom is -0.410 e. The van der Waals surface area contributed by atoms with Gasteiger partial charge in [-0.15, -0.1) is 0 Å². The third-order valence-corrected chi connectivity index (χ3v) is 4.11. The van der Waals surface area contributed by atoms with Gasteiger partial charge in [-0.2, -0.15) is 0 Å². The summed E-state index contributed by atoms with van der Waals surface area (Å²) >= 11 is 0. The fourth-order valence-electron chi connectivity index (χ4n) is 2.48. The van der Waals surface area contributed by atoms with E-state index in [-0.39, 0.29) is 17.5 Å². The number of urea groups is 1. The van der Waals surface area contributed by atoms with Gasteiger partial charge >= 0.3 is 18.2 Å². The maximum atomic E-state index is 12.9. The minimum atomic E-state index is -0.937. The van der Waals surface area contributed by atoms with E-state index in [1.54, 1.807) is 64.3 Å². The molecule has 9 heteroatoms. The second-order valence-corrected chi connectivity index (χ2v) is 6.14. The molecule has 0 fully saturated rings. The van der Waals surface area contributed by atoms with Gasteiger partial charge in [0.1, 0.15) is 11.5 Å². The van der Waals surface area contributed by atoms with Crippen molar-refractivity contribution in [1.29, 1.82) is 0 Å². The lowest BCUT2D eigenvalue weighted by molar-refractivity contribution is 0.209. The summed E-state index contributed by atoms with van der Waals surface area (Å²) < 4.78 is 9.91. The van der Waals surface area contributed by atoms with Crippen molar-refractivity contribution in [2.24, 2.45) is 11.5 Å². The number of amides is 4. The van der Waals surface area contributed by atoms with E-state index >= 15 is 0 Å². The number of rotatable bonds is 4. The number of primary amides is 2. The SMILES string of the molecule is Cc1ccc(N(C)C(=O)N(C)c2ccc(C)c(OC(N)=O)c2)cc1OC(N)=O. The molecule has 0 bridgehead atoms. The average Bonchev–Trinajstić information content (AvgIpc) is 2.62. The summed E-state index contributed by atoms with van der Waals surface area (Å²) in [5, 5.41) is 0. The Labute approximate surface area is 162 Å². The topological polar surface area (TPSA) is 128 Å². The highest BCUT2D eigenvalue weighted by Gasteiger charge is 2.20. The largest absolute Gasteiger partial charge is 0.410 e. The van der Waals surface area contributed by atoms with Crippen molar-refractivity contribution in [1.82, 2.24) is 0 Å². The average molecular weight is 386 g/mol. The molecule has 4 N–H and O–H groups in total. The van der Waals surface area contributed by atoms with Crippen LogP contribution in [0.25, 0.3) is 0 Å². The van der Waals surface area contributed by atoms with Crippen LogP contribution in [0.3, 0.4) is 0 Å². The Bertz CT molecular complexity index is 855. The Kier molecular flexibility index (Phi) is 6.09. The third-order valence-electron chi connectivity index (χ3n) is 4.11. The fourth-order valence-corrected chi connectivity index (χ4v) is 2.48. The van der Waals surface area contributed by atoms with Crippen LogP contribution in [0.2, 0.25) is 0 Å². The van der Waals surface area contributed by atoms with E-state index in [9.17, 15) is 14.4 Å². The van der Waals surface area contributed by atoms with E-state index < -0.39 is 12.2 Å². The van der Waals surface area contributed by atoms with Crippen molar-refractivity contribution < 1.29 is 23.9 Å². The van der Waals surface area contributed by atoms with Gasteiger partial charge in [0.15, 0.2) is 0 Å². The Balaban J connectivity index is 2.28. The molecule has 0 unspecified atom stereocenters. The quantitative estimate of drug-likeness (QED) is 0.835. The smallest absolute Gasteiger partial charge is 0.409 e. The Morgan fingerprint density at radius 3 is 1.43 bits per heavy atom. The van der Waals surface area contributed by atoms with Gasteiger partial charge in [0, 0.05) is 37.6 Å². The second-order valence-electron chi connectivity index (χ2n) is 6.14. The zero-order valence-corrected chi connectivity index (χ0v) is 16.1. The molecule has 2 aromatic rings. The Hall–Kier alpha value is -3.75. The highest BCUT2D eigenvalue weighted by molar-refractivity contribution is 6.03. The molecule has 2 aromatic carbocycles. The molecule has 9 nitrogen and oxygen atoms in total. The zero-order chi connectivity index (χ0) is 21.0. The van der Waals surface area contributed by atoms with Crippen LogP contribution in [-0.4, -0.2) is 32.3 Å². The van der Waals surface area contributed by atoms with Crippen LogP contribution in [0, 0.1) is 13.8 Å². The molecular formula is C19H22N4O5. The lowest BCUT2D eigenvalue weighted by Gasteiger charge is -2.26. The van der Waals surface area contributed by atoms with Gasteiger partial charge < -0.3 is 20.9 Å². The molecule has 0 aliphatic heterocycles. The molecule has 0 heterocycles. The molecule has 0 spiro atoms. The second kappa shape index (κ2) is 8.30. The maximum Gasteiger partial charge on any atom is 0.409 e. The molecular weight excluding hydrogens is 364 g/mol. The molecule has 0 aliphatic rings. The summed E-state index contributed by atoms with van der Waals surface area (Å²) in [6, 6.07) is 9.56. The number of anilines is 2. The van der Waals surface area contributed by atoms with Crippen LogP contribution >= 0.6 is 0 Å². The third kappa shape index (κ3) is 4.70. The molecule has 0 saturated heterocycles. The van der Waals surface area contributed by atoms with Gasteiger partial charge in [0.2, 0.25) is 0 Å². The van der Waals surface area contributed by atoms with E-state index in [0.29, 0.717) is 22.5 Å². The Morgan fingerprint density at radius 2 is 1.11 bits per heavy atom. The van der Waals surface area contributed by atoms with Crippen LogP contribution < -0.4 is 30.7 Å². The minimum absolute atomic E-state index is 0.264. The molecule has 2 rings (SSSR count). The van der Waals surface area contributed by atoms with Crippen molar-refractivity contribution in [3.8, 4) is 11.5 Å². The molecule has 0 saturated carbocycles. The van der Waals surface area contributed by atoms with E-state index in [4.69, 9.17) is 20.9 Å². The van der Waals surface area contributed by atoms with Crippen LogP contribution in [-0.2, 0) is 0 Å². The normalized spacial score (nSPS) is 10.1. The predicted molar refractivity (Wildman–Crippen MR) is 105 cm³/mol. The first kappa shape index (κ1) is 20.6. The van der Waals surface area contributed by atoms with Crippen molar-refractivity contribution >= 4 is 29.6 Å². The van der Waals surface area contributed by atoms with Crippen molar-refractivity contribution in [2.75, 3.05) is 23.9 Å². The van der Waals surface area contributed by atoms with Gasteiger partial charge in [0.05, 0.1) is 0 Å². The highest BCUT2D eigenvalue weighted by Crippen LogP contribution is 2.28. The summed E-state index contributed by atoms with van der Waals surface area (Å²) in [6.07, 6.45) is -1.87. The van der Waals surface area contributed by atoms with Crippen LogP contribution in [0.1, 0.15) is 11.1 Å². The number of nitrogens with zero attached hydrogens (tertiary/aromatic N) is 2. The van der Waals surface area contributed by atoms with Gasteiger partial charge in [-0.25, -0.2) is 14.4 Å². The predicted octanol–water partition coefficient (Wildman–Crippen LogP) is 2.91. The van der Waals surface area contributed by atoms with Gasteiger partial charge in [0.25, 0.3) is 0 Å². The molecule has 0 radical (unpaired) electrons. The van der Waals surface area contributed by atoms with Crippen LogP contribution in [0.4, 0.5) is 25.8 Å². The summed E-state index contributed by atoms with van der Waals surface area (Å²) in [6.45, 7) is 3.51. The number of hydrogen-bond donors (Lipinski definition) is 2. The number of carbonyl (C=O) groups excluding carboxylic acids is 3. The standard InChI is InChI=1S/C19H22N4O5/c1-11-5-7-13(9-15(11)27-17(20)24)22(3)19(26)23(4)14-8-6-12(2)16(10-14)28-18(21)25/h5-10H,1-4H3,(H2,20,24)(H2,21,25). The van der Waals surface area contributed by atoms with E-state index in [0.717, 1.165) is 0 Å². The number of carbonyl (C=O) groups is 3. The number of benzene rings is 2. The van der Waals surface area contributed by atoms with Crippen molar-refractivity contribution in [2.45, 2.75) is 13.8 Å². The van der Waals surface area contributed by atoms with Crippen LogP contribution in [0.15, 0.2) is 36.4 Å². The highest BCUT2D eigenvalue weighted by atomic mass is 16.6. The fraction of sp³-hybridized carbons (Fsp3) is 0.211. The van der Waals surface area contributed by atoms with Gasteiger partial charge in [-0.1, -0.05) is 12.1 Å². The van der Waals surface area contributed by atoms with Crippen LogP contribution in [0.5, 0.6) is 11.5 Å². The number of ether oxygens (including phenoxy) is 2. The summed E-state index contributed by atoms with van der Waals surface area (Å²) in [5.74, 6) is 0.527. The summed E-state index contributed by atoms with van der Waals surface area (Å²) in [5.41, 5.74) is 12.5. The van der Waals surface area contributed by atoms with Crippen molar-refractivity contribution in [3.63, 3.8) is 0 Å². The lowest BCUT2D eigenvalue weighted by Crippen LogP contribution is -2.39. The van der Waals surface area contributed by atoms with E-state index in [1.807, 2.05) is 0 Å². The molecule has 0 aliphatic carbocycles. The zero-order valence-electron chi connectivity index (χ0n) is 16.1. The monoisotopic (exact) mass is 386 g/mol. The van der Waals surface area contributed by atoms with Gasteiger partial charge in [-0.05, 0) is 37.1 Å². The number of hydrogen-bond acceptors (Lipinski definition) is 5. The maximum absolute atomic E-state index is 12.9. The summed E-state index contributed by atoms with van der Waals surface area (Å²) in [7, 11) is 3.15. The number of nitrogens with two attached hydrogens (primary N) is 2.